The number of aliphatic hydroxyl groups excluding tert-OH is 1. The summed E-state index contributed by atoms with van der Waals surface area (Å²) < 4.78 is 0. The van der Waals surface area contributed by atoms with Crippen LogP contribution in [0.4, 0.5) is 0 Å². The van der Waals surface area contributed by atoms with Crippen LogP contribution in [-0.4, -0.2) is 24.0 Å². The molecule has 94 valence electrons. The van der Waals surface area contributed by atoms with Crippen molar-refractivity contribution in [3.8, 4) is 0 Å². The molecule has 2 nitrogen and oxygen atoms in total. The van der Waals surface area contributed by atoms with Crippen LogP contribution in [0.5, 0.6) is 0 Å². The monoisotopic (exact) mass is 233 g/mol. The van der Waals surface area contributed by atoms with Crippen LogP contribution in [-0.2, 0) is 0 Å². The van der Waals surface area contributed by atoms with Crippen LogP contribution in [0.15, 0.2) is 29.3 Å². The molecular formula is C15H23NO. The number of nitrogens with zero attached hydrogens (tertiary/aromatic N) is 1. The molecule has 0 spiro atoms. The summed E-state index contributed by atoms with van der Waals surface area (Å²) >= 11 is 0. The number of benzene rings is 1. The van der Waals surface area contributed by atoms with Gasteiger partial charge in [-0.2, -0.15) is 0 Å². The first-order valence-corrected chi connectivity index (χ1v) is 6.41. The van der Waals surface area contributed by atoms with E-state index in [0.29, 0.717) is 0 Å². The average Bonchev–Trinajstić information content (AvgIpc) is 2.33. The molecule has 0 bridgehead atoms. The third kappa shape index (κ3) is 3.97. The molecule has 2 heteroatoms. The zero-order valence-electron chi connectivity index (χ0n) is 11.1. The van der Waals surface area contributed by atoms with E-state index >= 15 is 0 Å². The second-order valence-electron chi connectivity index (χ2n) is 4.44. The Balaban J connectivity index is 2.75. The molecule has 0 aliphatic carbocycles. The maximum atomic E-state index is 10.2. The molecule has 0 aliphatic rings. The van der Waals surface area contributed by atoms with Gasteiger partial charge in [0.2, 0.25) is 0 Å². The predicted octanol–water partition coefficient (Wildman–Crippen LogP) is 3.36. The Morgan fingerprint density at radius 2 is 2.00 bits per heavy atom. The van der Waals surface area contributed by atoms with Crippen molar-refractivity contribution in [1.29, 1.82) is 0 Å². The van der Waals surface area contributed by atoms with Gasteiger partial charge in [0.25, 0.3) is 0 Å². The van der Waals surface area contributed by atoms with Crippen molar-refractivity contribution in [1.82, 2.24) is 0 Å². The molecule has 1 aromatic carbocycles. The molecular weight excluding hydrogens is 210 g/mol. The summed E-state index contributed by atoms with van der Waals surface area (Å²) in [6, 6.07) is 8.09. The number of aryl methyl sites for hydroxylation is 1. The molecule has 0 saturated heterocycles. The van der Waals surface area contributed by atoms with Crippen LogP contribution < -0.4 is 0 Å². The SMILES string of the molecule is CCCCC[C@H](O)C(=NC)c1ccccc1C. The summed E-state index contributed by atoms with van der Waals surface area (Å²) in [6.07, 6.45) is 3.77. The molecule has 0 heterocycles. The van der Waals surface area contributed by atoms with Crippen molar-refractivity contribution >= 4 is 5.71 Å². The molecule has 0 aliphatic heterocycles. The highest BCUT2D eigenvalue weighted by Crippen LogP contribution is 2.14. The van der Waals surface area contributed by atoms with Crippen molar-refractivity contribution < 1.29 is 5.11 Å². The Kier molecular flexibility index (Phi) is 5.92. The lowest BCUT2D eigenvalue weighted by Crippen LogP contribution is -2.22. The predicted molar refractivity (Wildman–Crippen MR) is 73.8 cm³/mol. The van der Waals surface area contributed by atoms with E-state index in [2.05, 4.69) is 24.9 Å². The molecule has 1 N–H and O–H groups in total. The van der Waals surface area contributed by atoms with Gasteiger partial charge in [0.1, 0.15) is 0 Å². The van der Waals surface area contributed by atoms with Crippen molar-refractivity contribution in [2.45, 2.75) is 45.6 Å². The van der Waals surface area contributed by atoms with Gasteiger partial charge < -0.3 is 5.11 Å². The summed E-state index contributed by atoms with van der Waals surface area (Å²) in [5.41, 5.74) is 3.06. The van der Waals surface area contributed by atoms with Crippen LogP contribution >= 0.6 is 0 Å². The van der Waals surface area contributed by atoms with E-state index in [9.17, 15) is 5.11 Å². The number of hydrogen-bond donors (Lipinski definition) is 1. The fraction of sp³-hybridized carbons (Fsp3) is 0.533. The van der Waals surface area contributed by atoms with Crippen molar-refractivity contribution in [3.63, 3.8) is 0 Å². The van der Waals surface area contributed by atoms with E-state index in [4.69, 9.17) is 0 Å². The minimum Gasteiger partial charge on any atom is -0.387 e. The first kappa shape index (κ1) is 13.9. The fourth-order valence-electron chi connectivity index (χ4n) is 2.03. The maximum Gasteiger partial charge on any atom is 0.0961 e. The molecule has 0 amide bonds. The summed E-state index contributed by atoms with van der Waals surface area (Å²) in [5, 5.41) is 10.2. The van der Waals surface area contributed by atoms with E-state index in [-0.39, 0.29) is 0 Å². The molecule has 0 fully saturated rings. The van der Waals surface area contributed by atoms with Gasteiger partial charge in [0.15, 0.2) is 0 Å². The van der Waals surface area contributed by atoms with Gasteiger partial charge in [-0.1, -0.05) is 50.5 Å². The molecule has 1 atom stereocenters. The zero-order valence-corrected chi connectivity index (χ0v) is 11.1. The highest BCUT2D eigenvalue weighted by Gasteiger charge is 2.15. The minimum atomic E-state index is -0.437. The summed E-state index contributed by atoms with van der Waals surface area (Å²) in [6.45, 7) is 4.22. The highest BCUT2D eigenvalue weighted by atomic mass is 16.3. The van der Waals surface area contributed by atoms with Crippen molar-refractivity contribution in [2.75, 3.05) is 7.05 Å². The third-order valence-corrected chi connectivity index (χ3v) is 3.06. The summed E-state index contributed by atoms with van der Waals surface area (Å²) in [4.78, 5) is 4.26. The van der Waals surface area contributed by atoms with E-state index < -0.39 is 6.10 Å². The molecule has 0 saturated carbocycles. The zero-order chi connectivity index (χ0) is 12.7. The number of aliphatic hydroxyl groups is 1. The number of rotatable bonds is 6. The molecule has 0 radical (unpaired) electrons. The second-order valence-corrected chi connectivity index (χ2v) is 4.44. The first-order chi connectivity index (χ1) is 8.20. The Bertz CT molecular complexity index is 371. The first-order valence-electron chi connectivity index (χ1n) is 6.41. The quantitative estimate of drug-likeness (QED) is 0.593. The lowest BCUT2D eigenvalue weighted by Gasteiger charge is -2.15. The van der Waals surface area contributed by atoms with E-state index in [1.54, 1.807) is 7.05 Å². The van der Waals surface area contributed by atoms with Gasteiger partial charge in [0, 0.05) is 12.6 Å². The Morgan fingerprint density at radius 3 is 2.59 bits per heavy atom. The lowest BCUT2D eigenvalue weighted by molar-refractivity contribution is 0.226. The van der Waals surface area contributed by atoms with Crippen LogP contribution in [0, 0.1) is 6.92 Å². The van der Waals surface area contributed by atoms with Crippen LogP contribution in [0.25, 0.3) is 0 Å². The van der Waals surface area contributed by atoms with Gasteiger partial charge in [0.05, 0.1) is 11.8 Å². The van der Waals surface area contributed by atoms with E-state index in [1.807, 2.05) is 18.2 Å². The van der Waals surface area contributed by atoms with Gasteiger partial charge in [-0.3, -0.25) is 4.99 Å². The van der Waals surface area contributed by atoms with Crippen LogP contribution in [0.2, 0.25) is 0 Å². The lowest BCUT2D eigenvalue weighted by atomic mass is 9.97. The summed E-state index contributed by atoms with van der Waals surface area (Å²) in [7, 11) is 1.75. The number of aliphatic imine (C=N–C) groups is 1. The Morgan fingerprint density at radius 1 is 1.29 bits per heavy atom. The third-order valence-electron chi connectivity index (χ3n) is 3.06. The van der Waals surface area contributed by atoms with E-state index in [1.165, 1.54) is 18.4 Å². The van der Waals surface area contributed by atoms with Crippen molar-refractivity contribution in [2.24, 2.45) is 4.99 Å². The molecule has 1 rings (SSSR count). The van der Waals surface area contributed by atoms with Crippen molar-refractivity contribution in [3.05, 3.63) is 35.4 Å². The molecule has 17 heavy (non-hydrogen) atoms. The maximum absolute atomic E-state index is 10.2. The van der Waals surface area contributed by atoms with E-state index in [0.717, 1.165) is 24.1 Å². The molecule has 1 aromatic rings. The minimum absolute atomic E-state index is 0.437. The van der Waals surface area contributed by atoms with Gasteiger partial charge in [-0.05, 0) is 18.9 Å². The Labute approximate surface area is 104 Å². The molecule has 0 aromatic heterocycles. The van der Waals surface area contributed by atoms with Crippen LogP contribution in [0.3, 0.4) is 0 Å². The largest absolute Gasteiger partial charge is 0.387 e. The fourth-order valence-corrected chi connectivity index (χ4v) is 2.03. The van der Waals surface area contributed by atoms with Gasteiger partial charge in [-0.15, -0.1) is 0 Å². The Hall–Kier alpha value is -1.15. The van der Waals surface area contributed by atoms with Gasteiger partial charge >= 0.3 is 0 Å². The standard InChI is InChI=1S/C15H23NO/c1-4-5-6-11-14(17)15(16-3)13-10-8-7-9-12(13)2/h7-10,14,17H,4-6,11H2,1-3H3/t14-/m0/s1. The van der Waals surface area contributed by atoms with Gasteiger partial charge in [-0.25, -0.2) is 0 Å². The smallest absolute Gasteiger partial charge is 0.0961 e. The van der Waals surface area contributed by atoms with Crippen LogP contribution in [0.1, 0.15) is 43.7 Å². The molecule has 0 unspecified atom stereocenters. The average molecular weight is 233 g/mol. The normalized spacial score (nSPS) is 13.8. The highest BCUT2D eigenvalue weighted by molar-refractivity contribution is 6.04. The summed E-state index contributed by atoms with van der Waals surface area (Å²) in [5.74, 6) is 0. The topological polar surface area (TPSA) is 32.6 Å². The number of hydrogen-bond acceptors (Lipinski definition) is 2. The number of unbranched alkanes of at least 4 members (excludes halogenated alkanes) is 2. The second kappa shape index (κ2) is 7.23.